The van der Waals surface area contributed by atoms with Gasteiger partial charge in [0.1, 0.15) is 6.07 Å². The van der Waals surface area contributed by atoms with E-state index in [4.69, 9.17) is 11.6 Å². The Morgan fingerprint density at radius 1 is 1.50 bits per heavy atom. The summed E-state index contributed by atoms with van der Waals surface area (Å²) < 4.78 is 0. The van der Waals surface area contributed by atoms with Crippen LogP contribution >= 0.6 is 11.6 Å². The lowest BCUT2D eigenvalue weighted by Gasteiger charge is -2.35. The Morgan fingerprint density at radius 3 is 3.00 bits per heavy atom. The molecule has 20 heavy (non-hydrogen) atoms. The van der Waals surface area contributed by atoms with Gasteiger partial charge in [-0.3, -0.25) is 0 Å². The van der Waals surface area contributed by atoms with Crippen LogP contribution in [0.3, 0.4) is 0 Å². The Kier molecular flexibility index (Phi) is 5.28. The molecule has 0 spiro atoms. The second-order valence-corrected chi connectivity index (χ2v) is 6.17. The quantitative estimate of drug-likeness (QED) is 0.924. The molecule has 108 valence electrons. The summed E-state index contributed by atoms with van der Waals surface area (Å²) in [7, 11) is 0. The van der Waals surface area contributed by atoms with Crippen molar-refractivity contribution in [1.29, 1.82) is 5.26 Å². The molecular weight excluding hydrogens is 270 g/mol. The van der Waals surface area contributed by atoms with Gasteiger partial charge in [0, 0.05) is 19.1 Å². The third-order valence-electron chi connectivity index (χ3n) is 3.78. The fraction of sp³-hybridized carbons (Fsp3) is 0.562. The number of hydrogen-bond acceptors (Lipinski definition) is 3. The van der Waals surface area contributed by atoms with Gasteiger partial charge in [-0.15, -0.1) is 0 Å². The largest absolute Gasteiger partial charge is 0.370 e. The number of halogens is 1. The molecule has 0 aromatic heterocycles. The van der Waals surface area contributed by atoms with E-state index in [1.807, 2.05) is 12.1 Å². The van der Waals surface area contributed by atoms with Crippen LogP contribution in [0.15, 0.2) is 18.2 Å². The third-order valence-corrected chi connectivity index (χ3v) is 4.09. The topological polar surface area (TPSA) is 39.1 Å². The highest BCUT2D eigenvalue weighted by Crippen LogP contribution is 2.30. The van der Waals surface area contributed by atoms with E-state index in [0.29, 0.717) is 22.5 Å². The molecule has 1 saturated heterocycles. The second kappa shape index (κ2) is 6.97. The number of nitriles is 1. The van der Waals surface area contributed by atoms with E-state index < -0.39 is 0 Å². The number of nitrogens with one attached hydrogen (secondary N) is 1. The van der Waals surface area contributed by atoms with Gasteiger partial charge >= 0.3 is 0 Å². The van der Waals surface area contributed by atoms with E-state index in [0.717, 1.165) is 25.3 Å². The van der Waals surface area contributed by atoms with Crippen LogP contribution in [-0.2, 0) is 0 Å². The van der Waals surface area contributed by atoms with Crippen molar-refractivity contribution in [2.75, 3.05) is 24.5 Å². The summed E-state index contributed by atoms with van der Waals surface area (Å²) in [6.07, 6.45) is 2.42. The summed E-state index contributed by atoms with van der Waals surface area (Å²) >= 11 is 6.13. The molecule has 1 heterocycles. The Hall–Kier alpha value is -1.24. The molecule has 1 aromatic rings. The van der Waals surface area contributed by atoms with Gasteiger partial charge in [0.05, 0.1) is 16.3 Å². The van der Waals surface area contributed by atoms with Crippen LogP contribution in [0.4, 0.5) is 5.69 Å². The zero-order valence-electron chi connectivity index (χ0n) is 12.2. The van der Waals surface area contributed by atoms with Crippen molar-refractivity contribution in [3.8, 4) is 6.07 Å². The van der Waals surface area contributed by atoms with Gasteiger partial charge in [0.2, 0.25) is 0 Å². The van der Waals surface area contributed by atoms with Crippen molar-refractivity contribution < 1.29 is 0 Å². The molecular formula is C16H22ClN3. The summed E-state index contributed by atoms with van der Waals surface area (Å²) in [6.45, 7) is 7.38. The third kappa shape index (κ3) is 3.65. The Balaban J connectivity index is 2.09. The molecule has 0 bridgehead atoms. The Labute approximate surface area is 126 Å². The molecule has 4 heteroatoms. The number of nitrogens with zero attached hydrogens (tertiary/aromatic N) is 2. The molecule has 3 nitrogen and oxygen atoms in total. The minimum atomic E-state index is 0.520. The molecule has 0 saturated carbocycles. The predicted molar refractivity (Wildman–Crippen MR) is 84.2 cm³/mol. The normalized spacial score (nSPS) is 19.1. The van der Waals surface area contributed by atoms with E-state index in [9.17, 15) is 5.26 Å². The van der Waals surface area contributed by atoms with Crippen molar-refractivity contribution in [3.63, 3.8) is 0 Å². The van der Waals surface area contributed by atoms with Crippen LogP contribution in [0.2, 0.25) is 5.02 Å². The second-order valence-electron chi connectivity index (χ2n) is 5.76. The standard InChI is InChI=1S/C16H22ClN3/c1-12(2)19-10-13-5-4-8-20(11-13)16-7-3-6-15(17)14(16)9-18/h3,6-7,12-13,19H,4-5,8,10-11H2,1-2H3. The van der Waals surface area contributed by atoms with Crippen LogP contribution < -0.4 is 10.2 Å². The molecule has 1 aromatic carbocycles. The van der Waals surface area contributed by atoms with Crippen molar-refractivity contribution in [2.24, 2.45) is 5.92 Å². The first-order chi connectivity index (χ1) is 9.61. The number of piperidine rings is 1. The smallest absolute Gasteiger partial charge is 0.103 e. The lowest BCUT2D eigenvalue weighted by molar-refractivity contribution is 0.379. The highest BCUT2D eigenvalue weighted by molar-refractivity contribution is 6.32. The van der Waals surface area contributed by atoms with Crippen LogP contribution in [0.1, 0.15) is 32.3 Å². The average Bonchev–Trinajstić information content (AvgIpc) is 2.45. The van der Waals surface area contributed by atoms with E-state index in [1.165, 1.54) is 12.8 Å². The summed E-state index contributed by atoms with van der Waals surface area (Å²) in [6, 6.07) is 8.47. The maximum Gasteiger partial charge on any atom is 0.103 e. The number of hydrogen-bond donors (Lipinski definition) is 1. The first-order valence-corrected chi connectivity index (χ1v) is 7.66. The first kappa shape index (κ1) is 15.2. The minimum Gasteiger partial charge on any atom is -0.370 e. The summed E-state index contributed by atoms with van der Waals surface area (Å²) in [4.78, 5) is 2.31. The van der Waals surface area contributed by atoms with Crippen molar-refractivity contribution in [1.82, 2.24) is 5.32 Å². The molecule has 1 aliphatic rings. The monoisotopic (exact) mass is 291 g/mol. The maximum atomic E-state index is 9.30. The summed E-state index contributed by atoms with van der Waals surface area (Å²) in [5.41, 5.74) is 1.58. The molecule has 1 fully saturated rings. The van der Waals surface area contributed by atoms with Gasteiger partial charge in [0.25, 0.3) is 0 Å². The molecule has 2 rings (SSSR count). The lowest BCUT2D eigenvalue weighted by Crippen LogP contribution is -2.41. The van der Waals surface area contributed by atoms with Gasteiger partial charge in [-0.05, 0) is 37.4 Å². The van der Waals surface area contributed by atoms with Gasteiger partial charge < -0.3 is 10.2 Å². The fourth-order valence-electron chi connectivity index (χ4n) is 2.74. The van der Waals surface area contributed by atoms with E-state index in [-0.39, 0.29) is 0 Å². The van der Waals surface area contributed by atoms with Gasteiger partial charge in [0.15, 0.2) is 0 Å². The van der Waals surface area contributed by atoms with Crippen molar-refractivity contribution in [3.05, 3.63) is 28.8 Å². The van der Waals surface area contributed by atoms with E-state index >= 15 is 0 Å². The lowest BCUT2D eigenvalue weighted by atomic mass is 9.96. The van der Waals surface area contributed by atoms with Crippen LogP contribution in [0.5, 0.6) is 0 Å². The highest BCUT2D eigenvalue weighted by Gasteiger charge is 2.22. The number of benzene rings is 1. The minimum absolute atomic E-state index is 0.520. The zero-order chi connectivity index (χ0) is 14.5. The molecule has 1 unspecified atom stereocenters. The first-order valence-electron chi connectivity index (χ1n) is 7.28. The highest BCUT2D eigenvalue weighted by atomic mass is 35.5. The molecule has 0 aliphatic carbocycles. The summed E-state index contributed by atoms with van der Waals surface area (Å²) in [5.74, 6) is 0.636. The maximum absolute atomic E-state index is 9.30. The van der Waals surface area contributed by atoms with Gasteiger partial charge in [-0.2, -0.15) is 5.26 Å². The van der Waals surface area contributed by atoms with Crippen molar-refractivity contribution >= 4 is 17.3 Å². The molecule has 0 amide bonds. The zero-order valence-corrected chi connectivity index (χ0v) is 13.0. The molecule has 1 aliphatic heterocycles. The molecule has 1 atom stereocenters. The Morgan fingerprint density at radius 2 is 2.30 bits per heavy atom. The number of anilines is 1. The van der Waals surface area contributed by atoms with Crippen LogP contribution in [0.25, 0.3) is 0 Å². The van der Waals surface area contributed by atoms with E-state index in [2.05, 4.69) is 30.1 Å². The van der Waals surface area contributed by atoms with Gasteiger partial charge in [-0.25, -0.2) is 0 Å². The average molecular weight is 292 g/mol. The van der Waals surface area contributed by atoms with E-state index in [1.54, 1.807) is 6.07 Å². The Bertz CT molecular complexity index is 493. The van der Waals surface area contributed by atoms with Crippen LogP contribution in [0, 0.1) is 17.2 Å². The SMILES string of the molecule is CC(C)NCC1CCCN(c2cccc(Cl)c2C#N)C1. The van der Waals surface area contributed by atoms with Gasteiger partial charge in [-0.1, -0.05) is 31.5 Å². The number of rotatable bonds is 4. The van der Waals surface area contributed by atoms with Crippen LogP contribution in [-0.4, -0.2) is 25.7 Å². The molecule has 1 N–H and O–H groups in total. The fourth-order valence-corrected chi connectivity index (χ4v) is 2.95. The summed E-state index contributed by atoms with van der Waals surface area (Å²) in [5, 5.41) is 13.4. The van der Waals surface area contributed by atoms with Crippen molar-refractivity contribution in [2.45, 2.75) is 32.7 Å². The molecule has 0 radical (unpaired) electrons. The predicted octanol–water partition coefficient (Wildman–Crippen LogP) is 3.43.